The molecule has 0 bridgehead atoms. The van der Waals surface area contributed by atoms with Crippen molar-refractivity contribution in [3.8, 4) is 0 Å². The van der Waals surface area contributed by atoms with Gasteiger partial charge < -0.3 is 20.4 Å². The normalized spacial score (nSPS) is 20.2. The molecule has 7 heteroatoms. The van der Waals surface area contributed by atoms with E-state index in [0.29, 0.717) is 12.1 Å². The highest BCUT2D eigenvalue weighted by atomic mass is 127. The number of carbonyl (C=O) groups is 1. The summed E-state index contributed by atoms with van der Waals surface area (Å²) in [6.45, 7) is 2.23. The molecule has 6 nitrogen and oxygen atoms in total. The number of benzene rings is 1. The zero-order chi connectivity index (χ0) is 17.6. The summed E-state index contributed by atoms with van der Waals surface area (Å²) >= 11 is 0. The molecular formula is C19H30IN5O. The highest BCUT2D eigenvalue weighted by Gasteiger charge is 2.25. The maximum absolute atomic E-state index is 11.8. The van der Waals surface area contributed by atoms with Crippen LogP contribution in [0.2, 0.25) is 0 Å². The number of piperidine rings is 1. The summed E-state index contributed by atoms with van der Waals surface area (Å²) in [5.41, 5.74) is 1.27. The number of likely N-dealkylation sites (N-methyl/N-ethyl adjacent to an activating group) is 1. The highest BCUT2D eigenvalue weighted by molar-refractivity contribution is 14.0. The molecule has 1 saturated carbocycles. The molecule has 1 aromatic rings. The van der Waals surface area contributed by atoms with Crippen LogP contribution in [-0.2, 0) is 4.79 Å². The van der Waals surface area contributed by atoms with Gasteiger partial charge in [0, 0.05) is 45.0 Å². The summed E-state index contributed by atoms with van der Waals surface area (Å²) in [7, 11) is 3.52. The average Bonchev–Trinajstić information content (AvgIpc) is 3.44. The van der Waals surface area contributed by atoms with Crippen molar-refractivity contribution in [1.82, 2.24) is 15.5 Å². The second-order valence-electron chi connectivity index (χ2n) is 7.14. The van der Waals surface area contributed by atoms with Crippen molar-refractivity contribution in [3.05, 3.63) is 30.3 Å². The lowest BCUT2D eigenvalue weighted by atomic mass is 10.1. The number of guanidine groups is 1. The molecule has 144 valence electrons. The van der Waals surface area contributed by atoms with Gasteiger partial charge in [-0.3, -0.25) is 4.79 Å². The fourth-order valence-electron chi connectivity index (χ4n) is 3.00. The van der Waals surface area contributed by atoms with E-state index in [2.05, 4.69) is 50.9 Å². The topological polar surface area (TPSA) is 60.0 Å². The minimum absolute atomic E-state index is 0. The van der Waals surface area contributed by atoms with Gasteiger partial charge in [0.25, 0.3) is 0 Å². The molecule has 0 radical (unpaired) electrons. The number of rotatable bonds is 5. The molecule has 1 saturated heterocycles. The predicted molar refractivity (Wildman–Crippen MR) is 117 cm³/mol. The number of carbonyl (C=O) groups excluding carboxylic acids is 1. The third-order valence-electron chi connectivity index (χ3n) is 4.67. The number of halogens is 1. The Labute approximate surface area is 173 Å². The summed E-state index contributed by atoms with van der Waals surface area (Å²) in [5, 5.41) is 6.98. The van der Waals surface area contributed by atoms with Crippen molar-refractivity contribution in [2.45, 2.75) is 37.8 Å². The minimum Gasteiger partial charge on any atom is -0.369 e. The summed E-state index contributed by atoms with van der Waals surface area (Å²) in [4.78, 5) is 20.3. The average molecular weight is 471 g/mol. The quantitative estimate of drug-likeness (QED) is 0.392. The molecule has 2 fully saturated rings. The van der Waals surface area contributed by atoms with Crippen LogP contribution in [0.3, 0.4) is 0 Å². The first-order valence-corrected chi connectivity index (χ1v) is 9.19. The summed E-state index contributed by atoms with van der Waals surface area (Å²) in [5.74, 6) is 0.795. The lowest BCUT2D eigenvalue weighted by molar-refractivity contribution is -0.127. The van der Waals surface area contributed by atoms with Gasteiger partial charge in [0.1, 0.15) is 6.54 Å². The number of hydrogen-bond acceptors (Lipinski definition) is 3. The maximum atomic E-state index is 11.8. The van der Waals surface area contributed by atoms with Crippen LogP contribution >= 0.6 is 24.0 Å². The standard InChI is InChI=1S/C19H29N5O.HI/c1-23(2)18(25)13-20-19(21-15-10-11-15)22-16-7-6-12-24(14-16)17-8-4-3-5-9-17;/h3-5,8-9,15-16H,6-7,10-14H2,1-2H3,(H2,20,21,22);1H. The van der Waals surface area contributed by atoms with E-state index in [1.165, 1.54) is 18.5 Å². The van der Waals surface area contributed by atoms with Gasteiger partial charge >= 0.3 is 0 Å². The van der Waals surface area contributed by atoms with E-state index in [1.54, 1.807) is 19.0 Å². The second-order valence-corrected chi connectivity index (χ2v) is 7.14. The van der Waals surface area contributed by atoms with Crippen LogP contribution in [0.4, 0.5) is 5.69 Å². The molecule has 1 aliphatic heterocycles. The second kappa shape index (κ2) is 9.99. The monoisotopic (exact) mass is 471 g/mol. The van der Waals surface area contributed by atoms with Crippen LogP contribution in [-0.4, -0.2) is 62.6 Å². The van der Waals surface area contributed by atoms with Gasteiger partial charge in [0.05, 0.1) is 0 Å². The Hall–Kier alpha value is -1.51. The number of para-hydroxylation sites is 1. The molecule has 1 unspecified atom stereocenters. The Kier molecular flexibility index (Phi) is 7.99. The smallest absolute Gasteiger partial charge is 0.243 e. The Morgan fingerprint density at radius 2 is 1.85 bits per heavy atom. The van der Waals surface area contributed by atoms with Gasteiger partial charge in [-0.25, -0.2) is 4.99 Å². The Bertz CT molecular complexity index is 603. The number of nitrogens with zero attached hydrogens (tertiary/aromatic N) is 3. The molecule has 1 aromatic carbocycles. The molecule has 0 aromatic heterocycles. The summed E-state index contributed by atoms with van der Waals surface area (Å²) in [6.07, 6.45) is 4.64. The van der Waals surface area contributed by atoms with Gasteiger partial charge in [0.2, 0.25) is 5.91 Å². The number of nitrogens with one attached hydrogen (secondary N) is 2. The van der Waals surface area contributed by atoms with E-state index in [0.717, 1.165) is 31.9 Å². The molecule has 1 heterocycles. The van der Waals surface area contributed by atoms with Crippen molar-refractivity contribution in [1.29, 1.82) is 0 Å². The van der Waals surface area contributed by atoms with Crippen LogP contribution in [0.5, 0.6) is 0 Å². The predicted octanol–water partition coefficient (Wildman–Crippen LogP) is 2.06. The number of aliphatic imine (C=N–C) groups is 1. The molecule has 2 aliphatic rings. The van der Waals surface area contributed by atoms with Gasteiger partial charge in [0.15, 0.2) is 5.96 Å². The molecule has 1 atom stereocenters. The largest absolute Gasteiger partial charge is 0.369 e. The summed E-state index contributed by atoms with van der Waals surface area (Å²) in [6, 6.07) is 11.4. The lowest BCUT2D eigenvalue weighted by Crippen LogP contribution is -2.52. The molecular weight excluding hydrogens is 441 g/mol. The van der Waals surface area contributed by atoms with Crippen LogP contribution in [0, 0.1) is 0 Å². The molecule has 1 amide bonds. The van der Waals surface area contributed by atoms with Crippen molar-refractivity contribution >= 4 is 41.5 Å². The SMILES string of the molecule is CN(C)C(=O)CN=C(NC1CC1)NC1CCCN(c2ccccc2)C1.I. The van der Waals surface area contributed by atoms with E-state index in [1.807, 2.05) is 0 Å². The Morgan fingerprint density at radius 3 is 2.50 bits per heavy atom. The first-order valence-electron chi connectivity index (χ1n) is 9.19. The van der Waals surface area contributed by atoms with Gasteiger partial charge in [-0.05, 0) is 37.8 Å². The Morgan fingerprint density at radius 1 is 1.15 bits per heavy atom. The Balaban J connectivity index is 0.00000243. The molecule has 26 heavy (non-hydrogen) atoms. The van der Waals surface area contributed by atoms with Crippen molar-refractivity contribution < 1.29 is 4.79 Å². The van der Waals surface area contributed by atoms with E-state index < -0.39 is 0 Å². The third-order valence-corrected chi connectivity index (χ3v) is 4.67. The van der Waals surface area contributed by atoms with Gasteiger partial charge in [-0.15, -0.1) is 24.0 Å². The van der Waals surface area contributed by atoms with E-state index in [-0.39, 0.29) is 36.4 Å². The number of hydrogen-bond donors (Lipinski definition) is 2. The van der Waals surface area contributed by atoms with Crippen molar-refractivity contribution in [2.24, 2.45) is 4.99 Å². The van der Waals surface area contributed by atoms with Gasteiger partial charge in [-0.1, -0.05) is 18.2 Å². The fourth-order valence-corrected chi connectivity index (χ4v) is 3.00. The molecule has 2 N–H and O–H groups in total. The van der Waals surface area contributed by atoms with Crippen LogP contribution in [0.1, 0.15) is 25.7 Å². The van der Waals surface area contributed by atoms with E-state index in [9.17, 15) is 4.79 Å². The maximum Gasteiger partial charge on any atom is 0.243 e. The van der Waals surface area contributed by atoms with Crippen LogP contribution in [0.25, 0.3) is 0 Å². The first kappa shape index (κ1) is 20.8. The zero-order valence-electron chi connectivity index (χ0n) is 15.6. The highest BCUT2D eigenvalue weighted by Crippen LogP contribution is 2.20. The number of anilines is 1. The number of amides is 1. The lowest BCUT2D eigenvalue weighted by Gasteiger charge is -2.35. The molecule has 0 spiro atoms. The zero-order valence-corrected chi connectivity index (χ0v) is 18.0. The molecule has 3 rings (SSSR count). The van der Waals surface area contributed by atoms with Crippen LogP contribution < -0.4 is 15.5 Å². The van der Waals surface area contributed by atoms with Crippen molar-refractivity contribution in [3.63, 3.8) is 0 Å². The van der Waals surface area contributed by atoms with E-state index >= 15 is 0 Å². The van der Waals surface area contributed by atoms with Gasteiger partial charge in [-0.2, -0.15) is 0 Å². The third kappa shape index (κ3) is 6.34. The minimum atomic E-state index is 0. The van der Waals surface area contributed by atoms with Crippen LogP contribution in [0.15, 0.2) is 35.3 Å². The van der Waals surface area contributed by atoms with Crippen molar-refractivity contribution in [2.75, 3.05) is 38.6 Å². The first-order chi connectivity index (χ1) is 12.1. The van der Waals surface area contributed by atoms with E-state index in [4.69, 9.17) is 0 Å². The fraction of sp³-hybridized carbons (Fsp3) is 0.579. The summed E-state index contributed by atoms with van der Waals surface area (Å²) < 4.78 is 0. The molecule has 1 aliphatic carbocycles.